The number of alkyl halides is 7. The first-order valence-electron chi connectivity index (χ1n) is 9.02. The molecule has 0 saturated heterocycles. The summed E-state index contributed by atoms with van der Waals surface area (Å²) >= 11 is 0. The molecular weight excluding hydrogens is 495 g/mol. The summed E-state index contributed by atoms with van der Waals surface area (Å²) in [6, 6.07) is 4.17. The predicted molar refractivity (Wildman–Crippen MR) is 94.4 cm³/mol. The molecule has 2 aliphatic heterocycles. The maximum Gasteiger partial charge on any atom is 0.459 e. The van der Waals surface area contributed by atoms with Crippen molar-refractivity contribution in [3.05, 3.63) is 45.5 Å². The van der Waals surface area contributed by atoms with Gasteiger partial charge in [-0.3, -0.25) is 14.5 Å². The lowest BCUT2D eigenvalue weighted by atomic mass is 9.83. The van der Waals surface area contributed by atoms with Gasteiger partial charge in [0.1, 0.15) is 12.1 Å². The zero-order valence-corrected chi connectivity index (χ0v) is 16.4. The number of nitrogens with zero attached hydrogens (tertiary/aromatic N) is 3. The third-order valence-corrected chi connectivity index (χ3v) is 5.36. The lowest BCUT2D eigenvalue weighted by molar-refractivity contribution is -0.354. The molecule has 0 fully saturated rings. The lowest BCUT2D eigenvalue weighted by Crippen LogP contribution is -2.59. The molecule has 0 N–H and O–H groups in total. The van der Waals surface area contributed by atoms with E-state index in [0.717, 1.165) is 0 Å². The second-order valence-corrected chi connectivity index (χ2v) is 7.32. The van der Waals surface area contributed by atoms with Crippen LogP contribution < -0.4 is 0 Å². The molecule has 2 amide bonds. The summed E-state index contributed by atoms with van der Waals surface area (Å²) in [4.78, 5) is 49.6. The standard InChI is InChI=1S/C20H4F7N3O5/c21-18(22,19(23,24)20(25,26)27)5-30-14(31)8-1-7(4-29)11-13-9(16(33)35-17(11)34)2-6(3-28)10(12(8)13)15(30)32/h1-2H,5H2. The first kappa shape index (κ1) is 23.6. The highest BCUT2D eigenvalue weighted by Gasteiger charge is 2.73. The number of imide groups is 1. The van der Waals surface area contributed by atoms with Crippen molar-refractivity contribution in [1.82, 2.24) is 4.90 Å². The van der Waals surface area contributed by atoms with Crippen molar-refractivity contribution < 1.29 is 54.6 Å². The normalized spacial score (nSPS) is 15.7. The van der Waals surface area contributed by atoms with Gasteiger partial charge in [-0.1, -0.05) is 0 Å². The van der Waals surface area contributed by atoms with E-state index in [1.54, 1.807) is 0 Å². The number of carbonyl (C=O) groups is 4. The van der Waals surface area contributed by atoms with Crippen LogP contribution in [0.25, 0.3) is 10.8 Å². The second kappa shape index (κ2) is 6.99. The summed E-state index contributed by atoms with van der Waals surface area (Å²) in [7, 11) is 0. The number of nitriles is 2. The van der Waals surface area contributed by atoms with Crippen molar-refractivity contribution >= 4 is 34.5 Å². The fraction of sp³-hybridized carbons (Fsp3) is 0.200. The monoisotopic (exact) mass is 499 g/mol. The molecule has 4 rings (SSSR count). The van der Waals surface area contributed by atoms with Crippen molar-refractivity contribution in [2.24, 2.45) is 0 Å². The Hall–Kier alpha value is -4.53. The van der Waals surface area contributed by atoms with Gasteiger partial charge in [-0.15, -0.1) is 0 Å². The molecule has 178 valence electrons. The highest BCUT2D eigenvalue weighted by molar-refractivity contribution is 6.32. The Morgan fingerprint density at radius 2 is 1.29 bits per heavy atom. The van der Waals surface area contributed by atoms with E-state index in [9.17, 15) is 60.4 Å². The van der Waals surface area contributed by atoms with Gasteiger partial charge in [0.05, 0.1) is 39.9 Å². The lowest BCUT2D eigenvalue weighted by Gasteiger charge is -2.34. The van der Waals surface area contributed by atoms with Gasteiger partial charge >= 0.3 is 30.0 Å². The van der Waals surface area contributed by atoms with Gasteiger partial charge in [0, 0.05) is 10.8 Å². The minimum Gasteiger partial charge on any atom is -0.386 e. The highest BCUT2D eigenvalue weighted by Crippen LogP contribution is 2.48. The van der Waals surface area contributed by atoms with Gasteiger partial charge in [-0.25, -0.2) is 9.59 Å². The number of esters is 2. The molecule has 0 spiro atoms. The van der Waals surface area contributed by atoms with Crippen LogP contribution in [0.1, 0.15) is 52.6 Å². The number of cyclic esters (lactones) is 2. The van der Waals surface area contributed by atoms with Gasteiger partial charge in [-0.2, -0.15) is 41.3 Å². The van der Waals surface area contributed by atoms with E-state index < -0.39 is 97.4 Å². The molecule has 2 aliphatic rings. The SMILES string of the molecule is N#Cc1cc2c3c(c(C#N)cc4c3c1C(=O)OC4=O)C(=O)N(CC(F)(F)C(F)(F)C(F)(F)F)C2=O. The number of benzene rings is 2. The quantitative estimate of drug-likeness (QED) is 0.274. The van der Waals surface area contributed by atoms with E-state index in [2.05, 4.69) is 4.74 Å². The van der Waals surface area contributed by atoms with Gasteiger partial charge in [0.25, 0.3) is 11.8 Å². The van der Waals surface area contributed by atoms with Crippen LogP contribution in [0.2, 0.25) is 0 Å². The van der Waals surface area contributed by atoms with E-state index in [1.807, 2.05) is 0 Å². The molecule has 2 aromatic rings. The number of amides is 2. The highest BCUT2D eigenvalue weighted by atomic mass is 19.4. The van der Waals surface area contributed by atoms with E-state index >= 15 is 0 Å². The summed E-state index contributed by atoms with van der Waals surface area (Å²) in [5.74, 6) is -19.0. The Balaban J connectivity index is 2.03. The van der Waals surface area contributed by atoms with Crippen LogP contribution in [-0.4, -0.2) is 53.2 Å². The predicted octanol–water partition coefficient (Wildman–Crippen LogP) is 3.32. The van der Waals surface area contributed by atoms with Crippen LogP contribution in [0.5, 0.6) is 0 Å². The van der Waals surface area contributed by atoms with Crippen molar-refractivity contribution in [1.29, 1.82) is 10.5 Å². The molecule has 0 radical (unpaired) electrons. The summed E-state index contributed by atoms with van der Waals surface area (Å²) in [6.45, 7) is -2.74. The van der Waals surface area contributed by atoms with Crippen LogP contribution >= 0.6 is 0 Å². The molecule has 0 saturated carbocycles. The molecule has 8 nitrogen and oxygen atoms in total. The van der Waals surface area contributed by atoms with Crippen molar-refractivity contribution in [2.45, 2.75) is 18.0 Å². The van der Waals surface area contributed by atoms with Crippen molar-refractivity contribution in [3.63, 3.8) is 0 Å². The summed E-state index contributed by atoms with van der Waals surface area (Å²) in [6.07, 6.45) is -6.75. The third-order valence-electron chi connectivity index (χ3n) is 5.36. The first-order valence-corrected chi connectivity index (χ1v) is 9.02. The maximum absolute atomic E-state index is 14.1. The zero-order valence-electron chi connectivity index (χ0n) is 16.4. The number of ether oxygens (including phenoxy) is 1. The Morgan fingerprint density at radius 1 is 0.771 bits per heavy atom. The zero-order chi connectivity index (χ0) is 26.2. The fourth-order valence-corrected chi connectivity index (χ4v) is 3.79. The molecule has 2 heterocycles. The Kier molecular flexibility index (Phi) is 4.72. The molecular formula is C20H4F7N3O5. The topological polar surface area (TPSA) is 128 Å². The number of rotatable bonds is 3. The van der Waals surface area contributed by atoms with E-state index in [0.29, 0.717) is 12.1 Å². The molecule has 0 bridgehead atoms. The Bertz CT molecular complexity index is 1500. The number of halogens is 7. The van der Waals surface area contributed by atoms with Crippen LogP contribution in [0.15, 0.2) is 12.1 Å². The van der Waals surface area contributed by atoms with Crippen LogP contribution in [0.4, 0.5) is 30.7 Å². The van der Waals surface area contributed by atoms with Crippen molar-refractivity contribution in [3.8, 4) is 12.1 Å². The smallest absolute Gasteiger partial charge is 0.386 e. The van der Waals surface area contributed by atoms with E-state index in [4.69, 9.17) is 0 Å². The van der Waals surface area contributed by atoms with Crippen LogP contribution in [0, 0.1) is 22.7 Å². The van der Waals surface area contributed by atoms with E-state index in [-0.39, 0.29) is 0 Å². The maximum atomic E-state index is 14.1. The Morgan fingerprint density at radius 3 is 1.83 bits per heavy atom. The second-order valence-electron chi connectivity index (χ2n) is 7.32. The molecule has 2 aromatic carbocycles. The largest absolute Gasteiger partial charge is 0.459 e. The van der Waals surface area contributed by atoms with Gasteiger partial charge in [0.15, 0.2) is 0 Å². The molecule has 0 unspecified atom stereocenters. The molecule has 0 atom stereocenters. The van der Waals surface area contributed by atoms with Gasteiger partial charge < -0.3 is 4.74 Å². The van der Waals surface area contributed by atoms with Gasteiger partial charge in [-0.05, 0) is 12.1 Å². The average molecular weight is 499 g/mol. The van der Waals surface area contributed by atoms with Crippen molar-refractivity contribution in [2.75, 3.05) is 6.54 Å². The minimum atomic E-state index is -6.75. The molecule has 0 aliphatic carbocycles. The molecule has 15 heteroatoms. The van der Waals surface area contributed by atoms with E-state index in [1.165, 1.54) is 12.1 Å². The fourth-order valence-electron chi connectivity index (χ4n) is 3.79. The summed E-state index contributed by atoms with van der Waals surface area (Å²) in [5, 5.41) is 17.7. The number of hydrogen-bond donors (Lipinski definition) is 0. The van der Waals surface area contributed by atoms with Crippen LogP contribution in [-0.2, 0) is 4.74 Å². The van der Waals surface area contributed by atoms with Crippen LogP contribution in [0.3, 0.4) is 0 Å². The van der Waals surface area contributed by atoms with Gasteiger partial charge in [0.2, 0.25) is 0 Å². The minimum absolute atomic E-state index is 0.511. The average Bonchev–Trinajstić information content (AvgIpc) is 2.76. The molecule has 35 heavy (non-hydrogen) atoms. The summed E-state index contributed by atoms with van der Waals surface area (Å²) in [5.41, 5.74) is -4.34. The number of hydrogen-bond acceptors (Lipinski definition) is 7. The molecule has 0 aromatic heterocycles. The summed E-state index contributed by atoms with van der Waals surface area (Å²) < 4.78 is 97.2. The number of carbonyl (C=O) groups excluding carboxylic acids is 4. The Labute approximate surface area is 187 Å². The third kappa shape index (κ3) is 2.97. The first-order chi connectivity index (χ1) is 16.1.